The standard InChI is InChI=1S/C17H18O7S/c1-9-10(16(20)15-11(18)5-4-6-12(15)19)7-8-13(25(3,22)23)14(9)17(21)24-2/h7-8,15H,4-6H2,1-3H3. The van der Waals surface area contributed by atoms with Gasteiger partial charge in [-0.15, -0.1) is 0 Å². The second-order valence-electron chi connectivity index (χ2n) is 5.96. The minimum atomic E-state index is -3.75. The summed E-state index contributed by atoms with van der Waals surface area (Å²) in [5, 5.41) is 0. The second kappa shape index (κ2) is 6.87. The summed E-state index contributed by atoms with van der Waals surface area (Å²) in [6.45, 7) is 1.39. The average molecular weight is 366 g/mol. The van der Waals surface area contributed by atoms with Gasteiger partial charge in [0, 0.05) is 24.7 Å². The van der Waals surface area contributed by atoms with E-state index in [9.17, 15) is 27.6 Å². The van der Waals surface area contributed by atoms with Crippen LogP contribution >= 0.6 is 0 Å². The lowest BCUT2D eigenvalue weighted by Crippen LogP contribution is -2.35. The summed E-state index contributed by atoms with van der Waals surface area (Å²) >= 11 is 0. The summed E-state index contributed by atoms with van der Waals surface area (Å²) < 4.78 is 28.5. The number of benzene rings is 1. The van der Waals surface area contributed by atoms with E-state index < -0.39 is 39.1 Å². The Morgan fingerprint density at radius 1 is 1.12 bits per heavy atom. The molecule has 0 spiro atoms. The van der Waals surface area contributed by atoms with Gasteiger partial charge in [0.05, 0.1) is 17.6 Å². The van der Waals surface area contributed by atoms with Gasteiger partial charge in [0.25, 0.3) is 0 Å². The maximum atomic E-state index is 12.7. The molecular formula is C17H18O7S. The maximum Gasteiger partial charge on any atom is 0.339 e. The van der Waals surface area contributed by atoms with Gasteiger partial charge in [0.15, 0.2) is 27.2 Å². The number of carbonyl (C=O) groups excluding carboxylic acids is 4. The first-order chi connectivity index (χ1) is 11.6. The number of methoxy groups -OCH3 is 1. The molecule has 0 saturated heterocycles. The SMILES string of the molecule is COC(=O)c1c(S(C)(=O)=O)ccc(C(=O)C2C(=O)CCCC2=O)c1C. The van der Waals surface area contributed by atoms with Crippen LogP contribution in [0.15, 0.2) is 17.0 Å². The molecule has 8 heteroatoms. The molecule has 0 bridgehead atoms. The minimum Gasteiger partial charge on any atom is -0.465 e. The number of ether oxygens (including phenoxy) is 1. The number of esters is 1. The Labute approximate surface area is 145 Å². The first-order valence-corrected chi connectivity index (χ1v) is 9.50. The summed E-state index contributed by atoms with van der Waals surface area (Å²) in [6.07, 6.45) is 1.64. The summed E-state index contributed by atoms with van der Waals surface area (Å²) in [6, 6.07) is 2.36. The Hall–Kier alpha value is -2.35. The van der Waals surface area contributed by atoms with Crippen LogP contribution in [-0.4, -0.2) is 45.1 Å². The average Bonchev–Trinajstić information content (AvgIpc) is 2.52. The number of carbonyl (C=O) groups is 4. The third-order valence-electron chi connectivity index (χ3n) is 4.23. The predicted octanol–water partition coefficient (Wildman–Crippen LogP) is 1.31. The van der Waals surface area contributed by atoms with E-state index in [0.717, 1.165) is 19.4 Å². The number of hydrogen-bond acceptors (Lipinski definition) is 7. The van der Waals surface area contributed by atoms with Gasteiger partial charge in [0.1, 0.15) is 5.92 Å². The highest BCUT2D eigenvalue weighted by Gasteiger charge is 2.38. The van der Waals surface area contributed by atoms with Crippen LogP contribution < -0.4 is 0 Å². The molecule has 0 aliphatic heterocycles. The second-order valence-corrected chi connectivity index (χ2v) is 7.94. The fourth-order valence-electron chi connectivity index (χ4n) is 2.97. The first-order valence-electron chi connectivity index (χ1n) is 7.61. The van der Waals surface area contributed by atoms with Gasteiger partial charge in [-0.3, -0.25) is 14.4 Å². The van der Waals surface area contributed by atoms with Gasteiger partial charge >= 0.3 is 5.97 Å². The number of Topliss-reactive ketones (excluding diaryl/α,β-unsaturated/α-hetero) is 3. The van der Waals surface area contributed by atoms with Crippen molar-refractivity contribution in [2.75, 3.05) is 13.4 Å². The molecular weight excluding hydrogens is 348 g/mol. The highest BCUT2D eigenvalue weighted by Crippen LogP contribution is 2.28. The molecule has 2 rings (SSSR count). The van der Waals surface area contributed by atoms with E-state index >= 15 is 0 Å². The molecule has 0 radical (unpaired) electrons. The summed E-state index contributed by atoms with van der Waals surface area (Å²) in [7, 11) is -2.65. The van der Waals surface area contributed by atoms with Crippen molar-refractivity contribution < 1.29 is 32.3 Å². The van der Waals surface area contributed by atoms with E-state index in [0.29, 0.717) is 6.42 Å². The van der Waals surface area contributed by atoms with Gasteiger partial charge in [0.2, 0.25) is 0 Å². The zero-order chi connectivity index (χ0) is 18.9. The normalized spacial score (nSPS) is 16.0. The summed E-state index contributed by atoms with van der Waals surface area (Å²) in [4.78, 5) is 48.5. The smallest absolute Gasteiger partial charge is 0.339 e. The third-order valence-corrected chi connectivity index (χ3v) is 5.37. The zero-order valence-electron chi connectivity index (χ0n) is 14.1. The van der Waals surface area contributed by atoms with E-state index in [1.165, 1.54) is 13.0 Å². The first kappa shape index (κ1) is 19.0. The Bertz CT molecular complexity index is 865. The van der Waals surface area contributed by atoms with Crippen LogP contribution in [0.25, 0.3) is 0 Å². The third kappa shape index (κ3) is 3.53. The maximum absolute atomic E-state index is 12.7. The van der Waals surface area contributed by atoms with E-state index in [1.54, 1.807) is 0 Å². The van der Waals surface area contributed by atoms with Crippen LogP contribution in [0.3, 0.4) is 0 Å². The van der Waals surface area contributed by atoms with E-state index in [-0.39, 0.29) is 34.4 Å². The van der Waals surface area contributed by atoms with Crippen molar-refractivity contribution in [3.8, 4) is 0 Å². The van der Waals surface area contributed by atoms with Crippen molar-refractivity contribution in [1.29, 1.82) is 0 Å². The van der Waals surface area contributed by atoms with Gasteiger partial charge in [-0.1, -0.05) is 0 Å². The molecule has 134 valence electrons. The molecule has 0 atom stereocenters. The Morgan fingerprint density at radius 2 is 1.68 bits per heavy atom. The van der Waals surface area contributed by atoms with Crippen LogP contribution in [0.2, 0.25) is 0 Å². The molecule has 1 saturated carbocycles. The molecule has 25 heavy (non-hydrogen) atoms. The van der Waals surface area contributed by atoms with Crippen LogP contribution in [0.1, 0.15) is 45.5 Å². The molecule has 0 amide bonds. The number of hydrogen-bond donors (Lipinski definition) is 0. The molecule has 1 fully saturated rings. The number of rotatable bonds is 4. The van der Waals surface area contributed by atoms with Crippen LogP contribution in [0.5, 0.6) is 0 Å². The molecule has 1 aromatic carbocycles. The quantitative estimate of drug-likeness (QED) is 0.448. The molecule has 7 nitrogen and oxygen atoms in total. The van der Waals surface area contributed by atoms with Gasteiger partial charge in [-0.25, -0.2) is 13.2 Å². The lowest BCUT2D eigenvalue weighted by molar-refractivity contribution is -0.133. The Kier molecular flexibility index (Phi) is 5.22. The highest BCUT2D eigenvalue weighted by molar-refractivity contribution is 7.90. The Morgan fingerprint density at radius 3 is 2.16 bits per heavy atom. The topological polar surface area (TPSA) is 112 Å². The van der Waals surface area contributed by atoms with Crippen molar-refractivity contribution in [2.24, 2.45) is 5.92 Å². The van der Waals surface area contributed by atoms with Crippen LogP contribution in [0.4, 0.5) is 0 Å². The monoisotopic (exact) mass is 366 g/mol. The molecule has 0 heterocycles. The largest absolute Gasteiger partial charge is 0.465 e. The summed E-state index contributed by atoms with van der Waals surface area (Å²) in [5.74, 6) is -3.91. The Balaban J connectivity index is 2.64. The lowest BCUT2D eigenvalue weighted by Gasteiger charge is -2.20. The van der Waals surface area contributed by atoms with Crippen LogP contribution in [-0.2, 0) is 24.2 Å². The summed E-state index contributed by atoms with van der Waals surface area (Å²) in [5.41, 5.74) is -0.209. The van der Waals surface area contributed by atoms with Gasteiger partial charge in [-0.2, -0.15) is 0 Å². The predicted molar refractivity (Wildman–Crippen MR) is 87.3 cm³/mol. The van der Waals surface area contributed by atoms with E-state index in [1.807, 2.05) is 0 Å². The van der Waals surface area contributed by atoms with Crippen molar-refractivity contribution in [2.45, 2.75) is 31.1 Å². The fourth-order valence-corrected chi connectivity index (χ4v) is 3.89. The molecule has 0 unspecified atom stereocenters. The van der Waals surface area contributed by atoms with E-state index in [2.05, 4.69) is 4.74 Å². The zero-order valence-corrected chi connectivity index (χ0v) is 14.9. The van der Waals surface area contributed by atoms with Crippen LogP contribution in [0, 0.1) is 12.8 Å². The molecule has 0 N–H and O–H groups in total. The van der Waals surface area contributed by atoms with Crippen molar-refractivity contribution >= 4 is 33.2 Å². The lowest BCUT2D eigenvalue weighted by atomic mass is 9.80. The highest BCUT2D eigenvalue weighted by atomic mass is 32.2. The molecule has 0 aromatic heterocycles. The van der Waals surface area contributed by atoms with E-state index in [4.69, 9.17) is 0 Å². The number of sulfone groups is 1. The number of ketones is 3. The van der Waals surface area contributed by atoms with Gasteiger partial charge < -0.3 is 4.74 Å². The van der Waals surface area contributed by atoms with Crippen molar-refractivity contribution in [3.63, 3.8) is 0 Å². The van der Waals surface area contributed by atoms with Crippen molar-refractivity contribution in [3.05, 3.63) is 28.8 Å². The molecule has 1 aromatic rings. The van der Waals surface area contributed by atoms with Crippen molar-refractivity contribution in [1.82, 2.24) is 0 Å². The minimum absolute atomic E-state index is 0.0265. The molecule has 1 aliphatic rings. The fraction of sp³-hybridized carbons (Fsp3) is 0.412. The molecule has 1 aliphatic carbocycles. The van der Waals surface area contributed by atoms with Gasteiger partial charge in [-0.05, 0) is 31.0 Å².